The first-order valence-corrected chi connectivity index (χ1v) is 4.14. The molecule has 0 saturated carbocycles. The number of ether oxygens (including phenoxy) is 1. The molecule has 0 atom stereocenters. The van der Waals surface area contributed by atoms with Crippen molar-refractivity contribution in [2.75, 3.05) is 0 Å². The monoisotopic (exact) mass is 178 g/mol. The van der Waals surface area contributed by atoms with Crippen LogP contribution in [0.4, 0.5) is 0 Å². The quantitative estimate of drug-likeness (QED) is 0.520. The number of ketones is 1. The SMILES string of the molecule is CC1(C)C(=O)OC12C=CC(=O)C=C2. The standard InChI is InChI=1S/C10H10O3/c1-9(2)8(12)13-10(9)5-3-7(11)4-6-10/h3-6H,1-2H3. The Morgan fingerprint density at radius 1 is 1.15 bits per heavy atom. The van der Waals surface area contributed by atoms with E-state index < -0.39 is 11.0 Å². The Balaban J connectivity index is 2.36. The Labute approximate surface area is 76.1 Å². The molecular formula is C10H10O3. The fourth-order valence-electron chi connectivity index (χ4n) is 1.53. The van der Waals surface area contributed by atoms with Crippen LogP contribution >= 0.6 is 0 Å². The summed E-state index contributed by atoms with van der Waals surface area (Å²) in [6, 6.07) is 0. The fraction of sp³-hybridized carbons (Fsp3) is 0.400. The van der Waals surface area contributed by atoms with Gasteiger partial charge in [-0.2, -0.15) is 0 Å². The summed E-state index contributed by atoms with van der Waals surface area (Å²) in [5.41, 5.74) is -1.24. The van der Waals surface area contributed by atoms with Crippen LogP contribution < -0.4 is 0 Å². The fourth-order valence-corrected chi connectivity index (χ4v) is 1.53. The highest BCUT2D eigenvalue weighted by atomic mass is 16.6. The first-order chi connectivity index (χ1) is 5.98. The molecule has 0 aromatic heterocycles. The van der Waals surface area contributed by atoms with E-state index in [2.05, 4.69) is 0 Å². The zero-order valence-electron chi connectivity index (χ0n) is 7.53. The molecule has 1 aliphatic heterocycles. The van der Waals surface area contributed by atoms with Gasteiger partial charge in [0.2, 0.25) is 0 Å². The minimum atomic E-state index is -0.683. The van der Waals surface area contributed by atoms with Gasteiger partial charge >= 0.3 is 5.97 Å². The van der Waals surface area contributed by atoms with Crippen LogP contribution in [0.1, 0.15) is 13.8 Å². The highest BCUT2D eigenvalue weighted by molar-refractivity contribution is 6.02. The molecule has 2 aliphatic rings. The van der Waals surface area contributed by atoms with Gasteiger partial charge in [-0.3, -0.25) is 9.59 Å². The van der Waals surface area contributed by atoms with Gasteiger partial charge in [0, 0.05) is 0 Å². The molecule has 13 heavy (non-hydrogen) atoms. The Kier molecular flexibility index (Phi) is 1.33. The zero-order valence-corrected chi connectivity index (χ0v) is 7.53. The van der Waals surface area contributed by atoms with E-state index in [0.29, 0.717) is 0 Å². The molecule has 0 aromatic rings. The molecule has 68 valence electrons. The molecule has 2 rings (SSSR count). The minimum absolute atomic E-state index is 0.0654. The van der Waals surface area contributed by atoms with E-state index in [1.54, 1.807) is 12.2 Å². The van der Waals surface area contributed by atoms with Crippen LogP contribution in [0.3, 0.4) is 0 Å². The number of rotatable bonds is 0. The summed E-state index contributed by atoms with van der Waals surface area (Å²) in [6.07, 6.45) is 6.18. The largest absolute Gasteiger partial charge is 0.449 e. The highest BCUT2D eigenvalue weighted by Crippen LogP contribution is 2.48. The van der Waals surface area contributed by atoms with Crippen LogP contribution in [0, 0.1) is 5.41 Å². The van der Waals surface area contributed by atoms with Gasteiger partial charge in [0.05, 0.1) is 0 Å². The van der Waals surface area contributed by atoms with E-state index >= 15 is 0 Å². The molecule has 0 bridgehead atoms. The third-order valence-corrected chi connectivity index (χ3v) is 2.74. The van der Waals surface area contributed by atoms with Crippen LogP contribution in [-0.4, -0.2) is 17.4 Å². The molecule has 3 nitrogen and oxygen atoms in total. The predicted molar refractivity (Wildman–Crippen MR) is 45.9 cm³/mol. The van der Waals surface area contributed by atoms with Crippen molar-refractivity contribution in [1.82, 2.24) is 0 Å². The van der Waals surface area contributed by atoms with Crippen molar-refractivity contribution in [1.29, 1.82) is 0 Å². The molecule has 0 radical (unpaired) electrons. The van der Waals surface area contributed by atoms with Gasteiger partial charge in [0.15, 0.2) is 11.4 Å². The van der Waals surface area contributed by atoms with E-state index in [9.17, 15) is 9.59 Å². The number of hydrogen-bond acceptors (Lipinski definition) is 3. The lowest BCUT2D eigenvalue weighted by molar-refractivity contribution is -0.210. The smallest absolute Gasteiger partial charge is 0.317 e. The number of hydrogen-bond donors (Lipinski definition) is 0. The van der Waals surface area contributed by atoms with Crippen molar-refractivity contribution in [2.45, 2.75) is 19.4 Å². The van der Waals surface area contributed by atoms with E-state index in [0.717, 1.165) is 0 Å². The van der Waals surface area contributed by atoms with Crippen LogP contribution in [-0.2, 0) is 14.3 Å². The molecule has 3 heteroatoms. The number of carbonyl (C=O) groups excluding carboxylic acids is 2. The molecule has 1 spiro atoms. The van der Waals surface area contributed by atoms with Crippen molar-refractivity contribution < 1.29 is 14.3 Å². The van der Waals surface area contributed by atoms with Crippen LogP contribution in [0.15, 0.2) is 24.3 Å². The lowest BCUT2D eigenvalue weighted by atomic mass is 9.68. The van der Waals surface area contributed by atoms with Crippen LogP contribution in [0.5, 0.6) is 0 Å². The van der Waals surface area contributed by atoms with Gasteiger partial charge in [-0.25, -0.2) is 0 Å². The highest BCUT2D eigenvalue weighted by Gasteiger charge is 2.61. The van der Waals surface area contributed by atoms with Gasteiger partial charge in [-0.05, 0) is 38.2 Å². The molecule has 0 amide bonds. The summed E-state index contributed by atoms with van der Waals surface area (Å²) in [5, 5.41) is 0. The van der Waals surface area contributed by atoms with E-state index in [4.69, 9.17) is 4.74 Å². The summed E-state index contributed by atoms with van der Waals surface area (Å²) in [5.74, 6) is -0.291. The Bertz CT molecular complexity index is 331. The number of esters is 1. The minimum Gasteiger partial charge on any atom is -0.449 e. The average Bonchev–Trinajstić information content (AvgIpc) is 2.09. The third kappa shape index (κ3) is 0.842. The number of allylic oxidation sites excluding steroid dienone is 2. The summed E-state index contributed by atoms with van der Waals surface area (Å²) in [7, 11) is 0. The maximum absolute atomic E-state index is 11.1. The molecule has 1 heterocycles. The van der Waals surface area contributed by atoms with Crippen molar-refractivity contribution in [3.63, 3.8) is 0 Å². The molecule has 0 unspecified atom stereocenters. The second-order valence-corrected chi connectivity index (χ2v) is 3.88. The molecule has 1 fully saturated rings. The normalized spacial score (nSPS) is 27.2. The third-order valence-electron chi connectivity index (χ3n) is 2.74. The van der Waals surface area contributed by atoms with Gasteiger partial charge in [0.25, 0.3) is 0 Å². The van der Waals surface area contributed by atoms with Crippen molar-refractivity contribution >= 4 is 11.8 Å². The predicted octanol–water partition coefficient (Wildman–Crippen LogP) is 1.00. The maximum atomic E-state index is 11.1. The zero-order chi connectivity index (χ0) is 9.69. The summed E-state index contributed by atoms with van der Waals surface area (Å²) < 4.78 is 5.07. The van der Waals surface area contributed by atoms with Crippen LogP contribution in [0.2, 0.25) is 0 Å². The van der Waals surface area contributed by atoms with Gasteiger partial charge in [-0.15, -0.1) is 0 Å². The van der Waals surface area contributed by atoms with Crippen LogP contribution in [0.25, 0.3) is 0 Å². The van der Waals surface area contributed by atoms with Crippen molar-refractivity contribution in [2.24, 2.45) is 5.41 Å². The topological polar surface area (TPSA) is 43.4 Å². The number of carbonyl (C=O) groups is 2. The first-order valence-electron chi connectivity index (χ1n) is 4.14. The molecule has 1 aliphatic carbocycles. The Morgan fingerprint density at radius 3 is 2.08 bits per heavy atom. The summed E-state index contributed by atoms with van der Waals surface area (Å²) >= 11 is 0. The maximum Gasteiger partial charge on any atom is 0.317 e. The Morgan fingerprint density at radius 2 is 1.69 bits per heavy atom. The molecule has 1 saturated heterocycles. The Hall–Kier alpha value is -1.38. The van der Waals surface area contributed by atoms with E-state index in [-0.39, 0.29) is 11.8 Å². The first kappa shape index (κ1) is 8.23. The van der Waals surface area contributed by atoms with E-state index in [1.807, 2.05) is 13.8 Å². The second-order valence-electron chi connectivity index (χ2n) is 3.88. The van der Waals surface area contributed by atoms with Gasteiger partial charge < -0.3 is 4.74 Å². The lowest BCUT2D eigenvalue weighted by Gasteiger charge is -2.50. The molecular weight excluding hydrogens is 168 g/mol. The second kappa shape index (κ2) is 2.10. The molecule has 0 aromatic carbocycles. The summed E-state index contributed by atoms with van der Waals surface area (Å²) in [6.45, 7) is 3.62. The lowest BCUT2D eigenvalue weighted by Crippen LogP contribution is -2.62. The van der Waals surface area contributed by atoms with Gasteiger partial charge in [-0.1, -0.05) is 0 Å². The van der Waals surface area contributed by atoms with Crippen molar-refractivity contribution in [3.05, 3.63) is 24.3 Å². The van der Waals surface area contributed by atoms with Gasteiger partial charge in [0.1, 0.15) is 5.41 Å². The van der Waals surface area contributed by atoms with E-state index in [1.165, 1.54) is 12.2 Å². The molecule has 0 N–H and O–H groups in total. The van der Waals surface area contributed by atoms with Crippen molar-refractivity contribution in [3.8, 4) is 0 Å². The summed E-state index contributed by atoms with van der Waals surface area (Å²) in [4.78, 5) is 22.0. The average molecular weight is 178 g/mol.